The van der Waals surface area contributed by atoms with E-state index in [1.165, 1.54) is 0 Å². The molecule has 2 bridgehead atoms. The molecule has 0 aromatic carbocycles. The van der Waals surface area contributed by atoms with Crippen molar-refractivity contribution in [2.45, 2.75) is 6.42 Å². The molecular weight excluding hydrogens is 210 g/mol. The van der Waals surface area contributed by atoms with Gasteiger partial charge in [0.25, 0.3) is 0 Å². The third-order valence-electron chi connectivity index (χ3n) is 2.65. The summed E-state index contributed by atoms with van der Waals surface area (Å²) in [6.45, 7) is 2.94. The Morgan fingerprint density at radius 2 is 2.18 bits per heavy atom. The molecule has 64 valence electrons. The zero-order chi connectivity index (χ0) is 7.14. The van der Waals surface area contributed by atoms with E-state index in [2.05, 4.69) is 4.90 Å². The van der Waals surface area contributed by atoms with E-state index >= 15 is 0 Å². The summed E-state index contributed by atoms with van der Waals surface area (Å²) in [4.78, 5) is 12.8. The van der Waals surface area contributed by atoms with Crippen LogP contribution in [0.1, 0.15) is 6.42 Å². The Balaban J connectivity index is 0.000000605. The molecule has 2 fully saturated rings. The maximum atomic E-state index is 10.6. The average Bonchev–Trinajstić information content (AvgIpc) is 2.44. The van der Waals surface area contributed by atoms with E-state index in [-0.39, 0.29) is 22.9 Å². The molecule has 0 aromatic rings. The second kappa shape index (κ2) is 3.11. The van der Waals surface area contributed by atoms with Gasteiger partial charge in [0, 0.05) is 13.1 Å². The summed E-state index contributed by atoms with van der Waals surface area (Å²) in [5.41, 5.74) is 0. The molecule has 11 heavy (non-hydrogen) atoms. The van der Waals surface area contributed by atoms with Crippen molar-refractivity contribution in [2.24, 2.45) is 11.8 Å². The van der Waals surface area contributed by atoms with Crippen LogP contribution >= 0.6 is 17.0 Å². The summed E-state index contributed by atoms with van der Waals surface area (Å²) >= 11 is 0. The maximum absolute atomic E-state index is 10.6. The highest BCUT2D eigenvalue weighted by Crippen LogP contribution is 2.32. The molecule has 0 radical (unpaired) electrons. The van der Waals surface area contributed by atoms with Gasteiger partial charge in [0.2, 0.25) is 0 Å². The summed E-state index contributed by atoms with van der Waals surface area (Å²) in [6.07, 6.45) is 1.09. The Hall–Kier alpha value is -0.0900. The molecule has 4 heteroatoms. The van der Waals surface area contributed by atoms with Crippen LogP contribution < -0.4 is 0 Å². The minimum atomic E-state index is -0.604. The first-order chi connectivity index (χ1) is 4.77. The van der Waals surface area contributed by atoms with Crippen LogP contribution in [0.3, 0.4) is 0 Å². The van der Waals surface area contributed by atoms with Gasteiger partial charge < -0.3 is 10.0 Å². The highest BCUT2D eigenvalue weighted by molar-refractivity contribution is 8.93. The van der Waals surface area contributed by atoms with Crippen molar-refractivity contribution < 1.29 is 9.90 Å². The molecule has 1 unspecified atom stereocenters. The zero-order valence-electron chi connectivity index (χ0n) is 6.19. The number of aliphatic carboxylic acids is 1. The van der Waals surface area contributed by atoms with Gasteiger partial charge in [0.05, 0.1) is 5.92 Å². The molecule has 0 aromatic heterocycles. The number of fused-ring (bicyclic) bond motifs is 2. The van der Waals surface area contributed by atoms with E-state index in [0.717, 1.165) is 26.1 Å². The van der Waals surface area contributed by atoms with Crippen molar-refractivity contribution in [3.63, 3.8) is 0 Å². The summed E-state index contributed by atoms with van der Waals surface area (Å²) < 4.78 is 0. The minimum absolute atomic E-state index is 0. The molecule has 0 spiro atoms. The molecule has 3 nitrogen and oxygen atoms in total. The van der Waals surface area contributed by atoms with Crippen LogP contribution in [0.15, 0.2) is 0 Å². The Morgan fingerprint density at radius 1 is 1.45 bits per heavy atom. The Labute approximate surface area is 76.1 Å². The third kappa shape index (κ3) is 1.42. The van der Waals surface area contributed by atoms with E-state index in [9.17, 15) is 4.79 Å². The number of hydrogen-bond acceptors (Lipinski definition) is 2. The lowest BCUT2D eigenvalue weighted by Gasteiger charge is -2.17. The minimum Gasteiger partial charge on any atom is -0.481 e. The molecule has 0 aliphatic carbocycles. The van der Waals surface area contributed by atoms with E-state index < -0.39 is 5.97 Å². The highest BCUT2D eigenvalue weighted by atomic mass is 79.9. The lowest BCUT2D eigenvalue weighted by atomic mass is 9.93. The van der Waals surface area contributed by atoms with Gasteiger partial charge in [0.1, 0.15) is 0 Å². The molecule has 3 atom stereocenters. The van der Waals surface area contributed by atoms with Crippen molar-refractivity contribution >= 4 is 23.0 Å². The van der Waals surface area contributed by atoms with Gasteiger partial charge in [-0.15, -0.1) is 17.0 Å². The number of carboxylic acids is 1. The van der Waals surface area contributed by atoms with Crippen LogP contribution in [-0.2, 0) is 4.79 Å². The molecule has 2 aliphatic rings. The van der Waals surface area contributed by atoms with Crippen LogP contribution in [0, 0.1) is 11.8 Å². The molecule has 2 aliphatic heterocycles. The van der Waals surface area contributed by atoms with Crippen molar-refractivity contribution in [2.75, 3.05) is 19.6 Å². The van der Waals surface area contributed by atoms with Gasteiger partial charge in [-0.25, -0.2) is 0 Å². The van der Waals surface area contributed by atoms with E-state index in [1.54, 1.807) is 0 Å². The number of rotatable bonds is 1. The fraction of sp³-hybridized carbons (Fsp3) is 0.857. The predicted octanol–water partition coefficient (Wildman–Crippen LogP) is 0.601. The third-order valence-corrected chi connectivity index (χ3v) is 2.65. The molecule has 0 amide bonds. The fourth-order valence-electron chi connectivity index (χ4n) is 2.06. The normalized spacial score (nSPS) is 40.2. The lowest BCUT2D eigenvalue weighted by molar-refractivity contribution is -0.143. The van der Waals surface area contributed by atoms with Gasteiger partial charge >= 0.3 is 5.97 Å². The van der Waals surface area contributed by atoms with Gasteiger partial charge in [0.15, 0.2) is 0 Å². The van der Waals surface area contributed by atoms with E-state index in [1.807, 2.05) is 0 Å². The first-order valence-electron chi connectivity index (χ1n) is 3.72. The van der Waals surface area contributed by atoms with E-state index in [4.69, 9.17) is 5.11 Å². The second-order valence-corrected chi connectivity index (χ2v) is 3.25. The summed E-state index contributed by atoms with van der Waals surface area (Å²) in [7, 11) is 0. The molecule has 0 saturated carbocycles. The first kappa shape index (κ1) is 9.00. The summed E-state index contributed by atoms with van der Waals surface area (Å²) in [5.74, 6) is -0.210. The van der Waals surface area contributed by atoms with Gasteiger partial charge in [-0.05, 0) is 18.9 Å². The number of carbonyl (C=O) groups is 1. The topological polar surface area (TPSA) is 40.5 Å². The van der Waals surface area contributed by atoms with Gasteiger partial charge in [-0.3, -0.25) is 4.79 Å². The van der Waals surface area contributed by atoms with Crippen molar-refractivity contribution in [1.82, 2.24) is 4.90 Å². The largest absolute Gasteiger partial charge is 0.481 e. The quantitative estimate of drug-likeness (QED) is 0.706. The van der Waals surface area contributed by atoms with Crippen LogP contribution in [0.25, 0.3) is 0 Å². The summed E-state index contributed by atoms with van der Waals surface area (Å²) in [6, 6.07) is 0. The summed E-state index contributed by atoms with van der Waals surface area (Å²) in [5, 5.41) is 8.71. The fourth-order valence-corrected chi connectivity index (χ4v) is 2.06. The van der Waals surface area contributed by atoms with Crippen LogP contribution in [0.5, 0.6) is 0 Å². The molecule has 2 saturated heterocycles. The van der Waals surface area contributed by atoms with Crippen molar-refractivity contribution in [3.05, 3.63) is 0 Å². The predicted molar refractivity (Wildman–Crippen MR) is 46.0 cm³/mol. The van der Waals surface area contributed by atoms with Gasteiger partial charge in [-0.1, -0.05) is 0 Å². The highest BCUT2D eigenvalue weighted by Gasteiger charge is 2.41. The van der Waals surface area contributed by atoms with Crippen LogP contribution in [0.4, 0.5) is 0 Å². The van der Waals surface area contributed by atoms with Crippen molar-refractivity contribution in [1.29, 1.82) is 0 Å². The SMILES string of the molecule is Br.O=C(O)[C@@H]1CN2CC[C@H]1C2. The Bertz CT molecular complexity index is 174. The number of halogens is 1. The average molecular weight is 222 g/mol. The standard InChI is InChI=1S/C7H11NO2.BrH/c9-7(10)6-4-8-2-1-5(6)3-8;/h5-6H,1-4H2,(H,9,10);1H/t5-,6+;/m0./s1. The molecular formula is C7H12BrNO2. The smallest absolute Gasteiger partial charge is 0.308 e. The van der Waals surface area contributed by atoms with Crippen LogP contribution in [0.2, 0.25) is 0 Å². The van der Waals surface area contributed by atoms with E-state index in [0.29, 0.717) is 5.92 Å². The Morgan fingerprint density at radius 3 is 2.45 bits per heavy atom. The van der Waals surface area contributed by atoms with Crippen molar-refractivity contribution in [3.8, 4) is 0 Å². The molecule has 2 heterocycles. The van der Waals surface area contributed by atoms with Crippen LogP contribution in [-0.4, -0.2) is 35.6 Å². The maximum Gasteiger partial charge on any atom is 0.308 e. The first-order valence-corrected chi connectivity index (χ1v) is 3.72. The monoisotopic (exact) mass is 221 g/mol. The number of nitrogens with zero attached hydrogens (tertiary/aromatic N) is 1. The molecule has 1 N–H and O–H groups in total. The number of carboxylic acid groups (broad SMARTS) is 1. The lowest BCUT2D eigenvalue weighted by Crippen LogP contribution is -2.28. The Kier molecular flexibility index (Phi) is 2.54. The number of piperidine rings is 1. The zero-order valence-corrected chi connectivity index (χ0v) is 7.91. The second-order valence-electron chi connectivity index (χ2n) is 3.25. The molecule has 2 rings (SSSR count). The number of hydrogen-bond donors (Lipinski definition) is 1. The van der Waals surface area contributed by atoms with Gasteiger partial charge in [-0.2, -0.15) is 0 Å².